The van der Waals surface area contributed by atoms with Crippen LogP contribution in [0.15, 0.2) is 47.2 Å². The lowest BCUT2D eigenvalue weighted by Gasteiger charge is -2.03. The van der Waals surface area contributed by atoms with Crippen LogP contribution >= 0.6 is 15.9 Å². The summed E-state index contributed by atoms with van der Waals surface area (Å²) in [6.07, 6.45) is 3.79. The predicted molar refractivity (Wildman–Crippen MR) is 60.4 cm³/mol. The third kappa shape index (κ3) is 0.990. The maximum atomic E-state index is 4.25. The summed E-state index contributed by atoms with van der Waals surface area (Å²) in [6.45, 7) is 0. The number of aromatic nitrogens is 2. The van der Waals surface area contributed by atoms with E-state index in [1.54, 1.807) is 0 Å². The minimum Gasteiger partial charge on any atom is -0.299 e. The first-order chi connectivity index (χ1) is 6.86. The van der Waals surface area contributed by atoms with Crippen LogP contribution in [-0.4, -0.2) is 9.38 Å². The van der Waals surface area contributed by atoms with Gasteiger partial charge in [-0.05, 0) is 39.5 Å². The molecule has 0 atom stereocenters. The fourth-order valence-corrected chi connectivity index (χ4v) is 2.28. The fraction of sp³-hybridized carbons (Fsp3) is 0. The molecule has 0 aliphatic carbocycles. The third-order valence-electron chi connectivity index (χ3n) is 2.34. The lowest BCUT2D eigenvalue weighted by atomic mass is 10.2. The number of rotatable bonds is 0. The Morgan fingerprint density at radius 3 is 3.00 bits per heavy atom. The first kappa shape index (κ1) is 8.00. The van der Waals surface area contributed by atoms with Crippen LogP contribution in [0.2, 0.25) is 0 Å². The van der Waals surface area contributed by atoms with Crippen molar-refractivity contribution in [2.24, 2.45) is 0 Å². The molecule has 0 saturated carbocycles. The molecule has 0 aliphatic heterocycles. The van der Waals surface area contributed by atoms with Gasteiger partial charge in [-0.3, -0.25) is 4.40 Å². The van der Waals surface area contributed by atoms with Gasteiger partial charge in [-0.2, -0.15) is 0 Å². The number of para-hydroxylation sites is 1. The molecule has 2 heterocycles. The molecule has 1 aromatic carbocycles. The van der Waals surface area contributed by atoms with Crippen LogP contribution in [0.1, 0.15) is 0 Å². The molecule has 14 heavy (non-hydrogen) atoms. The maximum Gasteiger partial charge on any atom is 0.137 e. The van der Waals surface area contributed by atoms with E-state index in [0.717, 1.165) is 10.1 Å². The van der Waals surface area contributed by atoms with E-state index in [4.69, 9.17) is 0 Å². The molecule has 3 aromatic rings. The van der Waals surface area contributed by atoms with Crippen molar-refractivity contribution in [3.8, 4) is 0 Å². The number of pyridine rings is 1. The second-order valence-corrected chi connectivity index (χ2v) is 4.02. The Hall–Kier alpha value is -1.35. The summed E-state index contributed by atoms with van der Waals surface area (Å²) < 4.78 is 3.18. The van der Waals surface area contributed by atoms with Gasteiger partial charge in [0.2, 0.25) is 0 Å². The highest BCUT2D eigenvalue weighted by molar-refractivity contribution is 9.10. The number of halogens is 1. The first-order valence-corrected chi connectivity index (χ1v) is 5.16. The number of nitrogens with zero attached hydrogens (tertiary/aromatic N) is 2. The first-order valence-electron chi connectivity index (χ1n) is 4.36. The van der Waals surface area contributed by atoms with E-state index in [1.807, 2.05) is 30.6 Å². The Morgan fingerprint density at radius 2 is 2.07 bits per heavy atom. The van der Waals surface area contributed by atoms with E-state index in [9.17, 15) is 0 Å². The van der Waals surface area contributed by atoms with Crippen molar-refractivity contribution in [1.29, 1.82) is 0 Å². The van der Waals surface area contributed by atoms with Crippen LogP contribution in [0.3, 0.4) is 0 Å². The SMILES string of the molecule is Brc1cccc2ccc3nccn3c12. The van der Waals surface area contributed by atoms with Crippen LogP contribution in [0, 0.1) is 0 Å². The number of fused-ring (bicyclic) bond motifs is 3. The molecule has 0 aliphatic rings. The average molecular weight is 247 g/mol. The van der Waals surface area contributed by atoms with E-state index in [0.29, 0.717) is 0 Å². The zero-order valence-electron chi connectivity index (χ0n) is 7.31. The Kier molecular flexibility index (Phi) is 1.61. The highest BCUT2D eigenvalue weighted by Gasteiger charge is 2.02. The summed E-state index contributed by atoms with van der Waals surface area (Å²) in [5.41, 5.74) is 2.15. The molecule has 0 saturated heterocycles. The van der Waals surface area contributed by atoms with E-state index in [2.05, 4.69) is 37.4 Å². The molecule has 0 unspecified atom stereocenters. The Balaban J connectivity index is 2.67. The molecule has 2 nitrogen and oxygen atoms in total. The van der Waals surface area contributed by atoms with Crippen LogP contribution < -0.4 is 0 Å². The van der Waals surface area contributed by atoms with Crippen LogP contribution in [0.5, 0.6) is 0 Å². The maximum absolute atomic E-state index is 4.25. The molecule has 0 amide bonds. The van der Waals surface area contributed by atoms with Gasteiger partial charge < -0.3 is 0 Å². The van der Waals surface area contributed by atoms with E-state index in [1.165, 1.54) is 10.9 Å². The normalized spacial score (nSPS) is 11.2. The second-order valence-electron chi connectivity index (χ2n) is 3.17. The van der Waals surface area contributed by atoms with E-state index in [-0.39, 0.29) is 0 Å². The number of benzene rings is 1. The van der Waals surface area contributed by atoms with Crippen LogP contribution in [-0.2, 0) is 0 Å². The van der Waals surface area contributed by atoms with Gasteiger partial charge in [0.15, 0.2) is 0 Å². The standard InChI is InChI=1S/C11H7BrN2/c12-9-3-1-2-8-4-5-10-13-6-7-14(10)11(8)9/h1-7H. The summed E-state index contributed by atoms with van der Waals surface area (Å²) in [5.74, 6) is 0. The van der Waals surface area contributed by atoms with E-state index >= 15 is 0 Å². The van der Waals surface area contributed by atoms with Crippen molar-refractivity contribution in [2.45, 2.75) is 0 Å². The highest BCUT2D eigenvalue weighted by Crippen LogP contribution is 2.24. The summed E-state index contributed by atoms with van der Waals surface area (Å²) in [5, 5.41) is 1.21. The summed E-state index contributed by atoms with van der Waals surface area (Å²) in [6, 6.07) is 10.3. The van der Waals surface area contributed by atoms with Crippen LogP contribution in [0.4, 0.5) is 0 Å². The zero-order chi connectivity index (χ0) is 9.54. The fourth-order valence-electron chi connectivity index (χ4n) is 1.71. The molecule has 0 fully saturated rings. The monoisotopic (exact) mass is 246 g/mol. The van der Waals surface area contributed by atoms with Gasteiger partial charge in [0.1, 0.15) is 5.65 Å². The molecule has 0 bridgehead atoms. The van der Waals surface area contributed by atoms with Crippen molar-refractivity contribution >= 4 is 32.5 Å². The van der Waals surface area contributed by atoms with Gasteiger partial charge in [-0.1, -0.05) is 12.1 Å². The Bertz CT molecular complexity index is 613. The van der Waals surface area contributed by atoms with Crippen molar-refractivity contribution < 1.29 is 0 Å². The topological polar surface area (TPSA) is 17.3 Å². The lowest BCUT2D eigenvalue weighted by molar-refractivity contribution is 1.25. The van der Waals surface area contributed by atoms with Gasteiger partial charge in [-0.15, -0.1) is 0 Å². The molecule has 2 aromatic heterocycles. The molecular weight excluding hydrogens is 240 g/mol. The average Bonchev–Trinajstić information content (AvgIpc) is 2.65. The van der Waals surface area contributed by atoms with Gasteiger partial charge >= 0.3 is 0 Å². The number of hydrogen-bond acceptors (Lipinski definition) is 1. The molecule has 0 spiro atoms. The molecule has 3 rings (SSSR count). The highest BCUT2D eigenvalue weighted by atomic mass is 79.9. The van der Waals surface area contributed by atoms with Gasteiger partial charge in [0.05, 0.1) is 5.52 Å². The van der Waals surface area contributed by atoms with Crippen molar-refractivity contribution in [3.05, 3.63) is 47.2 Å². The zero-order valence-corrected chi connectivity index (χ0v) is 8.90. The van der Waals surface area contributed by atoms with E-state index < -0.39 is 0 Å². The second kappa shape index (κ2) is 2.82. The quantitative estimate of drug-likeness (QED) is 0.596. The molecular formula is C11H7BrN2. The van der Waals surface area contributed by atoms with Gasteiger partial charge in [-0.25, -0.2) is 4.98 Å². The summed E-state index contributed by atoms with van der Waals surface area (Å²) >= 11 is 3.55. The lowest BCUT2D eigenvalue weighted by Crippen LogP contribution is -1.87. The molecule has 0 radical (unpaired) electrons. The molecule has 0 N–H and O–H groups in total. The minimum absolute atomic E-state index is 0.976. The van der Waals surface area contributed by atoms with Gasteiger partial charge in [0.25, 0.3) is 0 Å². The largest absolute Gasteiger partial charge is 0.299 e. The van der Waals surface area contributed by atoms with Crippen LogP contribution in [0.25, 0.3) is 16.6 Å². The molecule has 3 heteroatoms. The summed E-state index contributed by atoms with van der Waals surface area (Å²) in [4.78, 5) is 4.25. The third-order valence-corrected chi connectivity index (χ3v) is 2.98. The number of imidazole rings is 1. The predicted octanol–water partition coefficient (Wildman–Crippen LogP) is 3.25. The van der Waals surface area contributed by atoms with Crippen molar-refractivity contribution in [1.82, 2.24) is 9.38 Å². The number of hydrogen-bond donors (Lipinski definition) is 0. The summed E-state index contributed by atoms with van der Waals surface area (Å²) in [7, 11) is 0. The Labute approximate surface area is 89.3 Å². The van der Waals surface area contributed by atoms with Gasteiger partial charge in [0, 0.05) is 16.9 Å². The molecule has 68 valence electrons. The van der Waals surface area contributed by atoms with Crippen molar-refractivity contribution in [2.75, 3.05) is 0 Å². The smallest absolute Gasteiger partial charge is 0.137 e. The Morgan fingerprint density at radius 1 is 1.14 bits per heavy atom. The minimum atomic E-state index is 0.976. The van der Waals surface area contributed by atoms with Crippen molar-refractivity contribution in [3.63, 3.8) is 0 Å².